The summed E-state index contributed by atoms with van der Waals surface area (Å²) in [6.45, 7) is 3.96. The number of fused-ring (bicyclic) bond motifs is 1. The van der Waals surface area contributed by atoms with E-state index in [0.717, 1.165) is 16.5 Å². The van der Waals surface area contributed by atoms with Gasteiger partial charge in [-0.25, -0.2) is 0 Å². The fourth-order valence-corrected chi connectivity index (χ4v) is 2.00. The van der Waals surface area contributed by atoms with E-state index in [1.54, 1.807) is 6.08 Å². The smallest absolute Gasteiger partial charge is 0.247 e. The standard InChI is InChI=1S/C14H16N2O2/c1-10(2)7-12(16(17)18)8-11-9-15-14-6-4-3-5-13(11)14/h3-6,8-10,15H,7H2,1-2H3/b12-8+. The maximum Gasteiger partial charge on any atom is 0.247 e. The topological polar surface area (TPSA) is 58.9 Å². The van der Waals surface area contributed by atoms with Crippen LogP contribution >= 0.6 is 0 Å². The Morgan fingerprint density at radius 2 is 2.17 bits per heavy atom. The lowest BCUT2D eigenvalue weighted by Gasteiger charge is -2.01. The van der Waals surface area contributed by atoms with E-state index in [-0.39, 0.29) is 16.5 Å². The Hall–Kier alpha value is -2.10. The first kappa shape index (κ1) is 12.4. The van der Waals surface area contributed by atoms with Gasteiger partial charge in [0.05, 0.1) is 4.92 Å². The highest BCUT2D eigenvalue weighted by atomic mass is 16.6. The minimum Gasteiger partial charge on any atom is -0.361 e. The highest BCUT2D eigenvalue weighted by Crippen LogP contribution is 2.22. The van der Waals surface area contributed by atoms with Crippen LogP contribution in [0.5, 0.6) is 0 Å². The van der Waals surface area contributed by atoms with Crippen molar-refractivity contribution in [3.8, 4) is 0 Å². The zero-order valence-corrected chi connectivity index (χ0v) is 10.5. The van der Waals surface area contributed by atoms with E-state index in [1.807, 2.05) is 44.3 Å². The summed E-state index contributed by atoms with van der Waals surface area (Å²) in [6.07, 6.45) is 3.96. The SMILES string of the molecule is CC(C)C/C(=C\c1c[nH]c2ccccc12)[N+](=O)[O-]. The minimum absolute atomic E-state index is 0.259. The van der Waals surface area contributed by atoms with Crippen LogP contribution in [0.4, 0.5) is 0 Å². The summed E-state index contributed by atoms with van der Waals surface area (Å²) in [6, 6.07) is 7.79. The number of hydrogen-bond donors (Lipinski definition) is 1. The molecular formula is C14H16N2O2. The van der Waals surface area contributed by atoms with Gasteiger partial charge >= 0.3 is 0 Å². The van der Waals surface area contributed by atoms with Crippen LogP contribution in [0.2, 0.25) is 0 Å². The molecule has 0 aliphatic carbocycles. The third kappa shape index (κ3) is 2.59. The van der Waals surface area contributed by atoms with Crippen LogP contribution < -0.4 is 0 Å². The van der Waals surface area contributed by atoms with E-state index in [9.17, 15) is 10.1 Å². The fourth-order valence-electron chi connectivity index (χ4n) is 2.00. The largest absolute Gasteiger partial charge is 0.361 e. The lowest BCUT2D eigenvalue weighted by Crippen LogP contribution is -2.02. The maximum absolute atomic E-state index is 11.0. The number of aromatic nitrogens is 1. The highest BCUT2D eigenvalue weighted by molar-refractivity contribution is 5.88. The molecule has 0 saturated carbocycles. The molecule has 1 heterocycles. The average molecular weight is 244 g/mol. The lowest BCUT2D eigenvalue weighted by molar-refractivity contribution is -0.427. The summed E-state index contributed by atoms with van der Waals surface area (Å²) in [5.74, 6) is 0.270. The van der Waals surface area contributed by atoms with E-state index < -0.39 is 0 Å². The van der Waals surface area contributed by atoms with Crippen molar-refractivity contribution in [3.05, 3.63) is 51.8 Å². The summed E-state index contributed by atoms with van der Waals surface area (Å²) in [5.41, 5.74) is 2.13. The molecule has 0 aliphatic rings. The summed E-state index contributed by atoms with van der Waals surface area (Å²) in [5, 5.41) is 12.0. The Morgan fingerprint density at radius 3 is 2.83 bits per heavy atom. The number of allylic oxidation sites excluding steroid dienone is 1. The molecule has 0 bridgehead atoms. The van der Waals surface area contributed by atoms with Crippen LogP contribution in [0.25, 0.3) is 17.0 Å². The summed E-state index contributed by atoms with van der Waals surface area (Å²) >= 11 is 0. The molecule has 2 rings (SSSR count). The summed E-state index contributed by atoms with van der Waals surface area (Å²) in [4.78, 5) is 13.9. The van der Waals surface area contributed by atoms with Gasteiger partial charge in [0, 0.05) is 35.2 Å². The van der Waals surface area contributed by atoms with Gasteiger partial charge in [0.25, 0.3) is 0 Å². The van der Waals surface area contributed by atoms with Crippen molar-refractivity contribution >= 4 is 17.0 Å². The Bertz CT molecular complexity index is 597. The second kappa shape index (κ2) is 5.04. The summed E-state index contributed by atoms with van der Waals surface area (Å²) in [7, 11) is 0. The van der Waals surface area contributed by atoms with Crippen molar-refractivity contribution in [2.75, 3.05) is 0 Å². The normalized spacial score (nSPS) is 12.3. The van der Waals surface area contributed by atoms with Crippen molar-refractivity contribution in [1.82, 2.24) is 4.98 Å². The van der Waals surface area contributed by atoms with Crippen molar-refractivity contribution in [2.45, 2.75) is 20.3 Å². The van der Waals surface area contributed by atoms with Gasteiger partial charge in [-0.15, -0.1) is 0 Å². The molecule has 1 aromatic carbocycles. The van der Waals surface area contributed by atoms with E-state index in [2.05, 4.69) is 4.98 Å². The molecule has 94 valence electrons. The molecular weight excluding hydrogens is 228 g/mol. The number of para-hydroxylation sites is 1. The Balaban J connectivity index is 2.43. The quantitative estimate of drug-likeness (QED) is 0.656. The molecule has 4 nitrogen and oxygen atoms in total. The van der Waals surface area contributed by atoms with Gasteiger partial charge in [-0.3, -0.25) is 10.1 Å². The average Bonchev–Trinajstić information content (AvgIpc) is 2.71. The first-order chi connectivity index (χ1) is 8.58. The number of nitro groups is 1. The Labute approximate surface area is 105 Å². The van der Waals surface area contributed by atoms with Crippen LogP contribution in [0, 0.1) is 16.0 Å². The molecule has 0 amide bonds. The van der Waals surface area contributed by atoms with Gasteiger partial charge in [-0.05, 0) is 12.0 Å². The van der Waals surface area contributed by atoms with Crippen molar-refractivity contribution < 1.29 is 4.92 Å². The predicted molar refractivity (Wildman–Crippen MR) is 72.7 cm³/mol. The van der Waals surface area contributed by atoms with Gasteiger partial charge < -0.3 is 4.98 Å². The van der Waals surface area contributed by atoms with Crippen LogP contribution in [0.1, 0.15) is 25.8 Å². The van der Waals surface area contributed by atoms with Gasteiger partial charge in [0.1, 0.15) is 0 Å². The number of nitrogens with one attached hydrogen (secondary N) is 1. The molecule has 0 radical (unpaired) electrons. The Kier molecular flexibility index (Phi) is 3.46. The molecule has 0 spiro atoms. The van der Waals surface area contributed by atoms with Crippen molar-refractivity contribution in [1.29, 1.82) is 0 Å². The van der Waals surface area contributed by atoms with E-state index in [1.165, 1.54) is 0 Å². The van der Waals surface area contributed by atoms with Gasteiger partial charge in [0.15, 0.2) is 0 Å². The van der Waals surface area contributed by atoms with Crippen LogP contribution in [-0.4, -0.2) is 9.91 Å². The molecule has 0 atom stereocenters. The van der Waals surface area contributed by atoms with Crippen molar-refractivity contribution in [3.63, 3.8) is 0 Å². The van der Waals surface area contributed by atoms with Gasteiger partial charge in [-0.2, -0.15) is 0 Å². The molecule has 2 aromatic rings. The first-order valence-electron chi connectivity index (χ1n) is 5.99. The third-order valence-electron chi connectivity index (χ3n) is 2.80. The van der Waals surface area contributed by atoms with Crippen LogP contribution in [0.15, 0.2) is 36.2 Å². The van der Waals surface area contributed by atoms with Crippen molar-refractivity contribution in [2.24, 2.45) is 5.92 Å². The zero-order chi connectivity index (χ0) is 13.1. The van der Waals surface area contributed by atoms with E-state index >= 15 is 0 Å². The number of benzene rings is 1. The molecule has 18 heavy (non-hydrogen) atoms. The lowest BCUT2D eigenvalue weighted by atomic mass is 10.1. The van der Waals surface area contributed by atoms with Gasteiger partial charge in [0.2, 0.25) is 5.70 Å². The minimum atomic E-state index is -0.290. The maximum atomic E-state index is 11.0. The molecule has 1 aromatic heterocycles. The number of rotatable bonds is 4. The number of hydrogen-bond acceptors (Lipinski definition) is 2. The van der Waals surface area contributed by atoms with Crippen LogP contribution in [-0.2, 0) is 0 Å². The van der Waals surface area contributed by atoms with E-state index in [4.69, 9.17) is 0 Å². The molecule has 0 aliphatic heterocycles. The monoisotopic (exact) mass is 244 g/mol. The van der Waals surface area contributed by atoms with Gasteiger partial charge in [-0.1, -0.05) is 32.0 Å². The van der Waals surface area contributed by atoms with E-state index in [0.29, 0.717) is 6.42 Å². The first-order valence-corrected chi connectivity index (χ1v) is 5.99. The third-order valence-corrected chi connectivity index (χ3v) is 2.80. The summed E-state index contributed by atoms with van der Waals surface area (Å²) < 4.78 is 0. The second-order valence-electron chi connectivity index (χ2n) is 4.78. The molecule has 0 saturated heterocycles. The fraction of sp³-hybridized carbons (Fsp3) is 0.286. The molecule has 1 N–H and O–H groups in total. The number of H-pyrrole nitrogens is 1. The second-order valence-corrected chi connectivity index (χ2v) is 4.78. The molecule has 0 unspecified atom stereocenters. The predicted octanol–water partition coefficient (Wildman–Crippen LogP) is 3.83. The number of nitrogens with zero attached hydrogens (tertiary/aromatic N) is 1. The number of aromatic amines is 1. The zero-order valence-electron chi connectivity index (χ0n) is 10.5. The molecule has 4 heteroatoms. The highest BCUT2D eigenvalue weighted by Gasteiger charge is 2.14. The Morgan fingerprint density at radius 1 is 1.44 bits per heavy atom. The molecule has 0 fully saturated rings. The van der Waals surface area contributed by atoms with Crippen LogP contribution in [0.3, 0.4) is 0 Å².